The molecule has 19 heavy (non-hydrogen) atoms. The van der Waals surface area contributed by atoms with Gasteiger partial charge in [-0.25, -0.2) is 0 Å². The zero-order chi connectivity index (χ0) is 13.8. The Hall–Kier alpha value is -0.930. The number of ether oxygens (including phenoxy) is 1. The molecule has 5 heteroatoms. The highest BCUT2D eigenvalue weighted by Crippen LogP contribution is 2.36. The van der Waals surface area contributed by atoms with Crippen molar-refractivity contribution in [1.29, 1.82) is 0 Å². The van der Waals surface area contributed by atoms with E-state index in [0.29, 0.717) is 34.0 Å². The SMILES string of the molecule is NCc1ccc(COc2c(Cl)cc(Cl)cc2Cl)cc1. The van der Waals surface area contributed by atoms with Crippen LogP contribution in [0, 0.1) is 0 Å². The molecule has 0 fully saturated rings. The first-order chi connectivity index (χ1) is 9.10. The molecule has 0 aromatic heterocycles. The minimum Gasteiger partial charge on any atom is -0.486 e. The molecule has 100 valence electrons. The van der Waals surface area contributed by atoms with E-state index in [1.54, 1.807) is 12.1 Å². The van der Waals surface area contributed by atoms with E-state index in [4.69, 9.17) is 45.3 Å². The second-order valence-corrected chi connectivity index (χ2v) is 5.26. The predicted octanol–water partition coefficient (Wildman–Crippen LogP) is 4.68. The third-order valence-corrected chi connectivity index (χ3v) is 3.38. The van der Waals surface area contributed by atoms with Gasteiger partial charge < -0.3 is 10.5 Å². The highest BCUT2D eigenvalue weighted by molar-refractivity contribution is 6.40. The molecule has 0 saturated carbocycles. The van der Waals surface area contributed by atoms with Gasteiger partial charge in [-0.15, -0.1) is 0 Å². The topological polar surface area (TPSA) is 35.2 Å². The molecule has 0 bridgehead atoms. The van der Waals surface area contributed by atoms with Crippen LogP contribution >= 0.6 is 34.8 Å². The lowest BCUT2D eigenvalue weighted by atomic mass is 10.1. The van der Waals surface area contributed by atoms with Crippen molar-refractivity contribution >= 4 is 34.8 Å². The van der Waals surface area contributed by atoms with Crippen molar-refractivity contribution in [2.75, 3.05) is 0 Å². The number of hydrogen-bond acceptors (Lipinski definition) is 2. The van der Waals surface area contributed by atoms with Gasteiger partial charge in [0, 0.05) is 11.6 Å². The number of hydrogen-bond donors (Lipinski definition) is 1. The molecule has 2 aromatic carbocycles. The first-order valence-electron chi connectivity index (χ1n) is 5.65. The van der Waals surface area contributed by atoms with Crippen LogP contribution in [0.3, 0.4) is 0 Å². The smallest absolute Gasteiger partial charge is 0.157 e. The summed E-state index contributed by atoms with van der Waals surface area (Å²) in [5.41, 5.74) is 7.63. The second kappa shape index (κ2) is 6.49. The molecular formula is C14H12Cl3NO. The van der Waals surface area contributed by atoms with E-state index >= 15 is 0 Å². The maximum absolute atomic E-state index is 6.04. The fourth-order valence-corrected chi connectivity index (χ4v) is 2.52. The van der Waals surface area contributed by atoms with Gasteiger partial charge in [-0.2, -0.15) is 0 Å². The quantitative estimate of drug-likeness (QED) is 0.888. The average Bonchev–Trinajstić information content (AvgIpc) is 2.38. The third kappa shape index (κ3) is 3.77. The molecule has 2 nitrogen and oxygen atoms in total. The lowest BCUT2D eigenvalue weighted by Crippen LogP contribution is -1.99. The highest BCUT2D eigenvalue weighted by atomic mass is 35.5. The van der Waals surface area contributed by atoms with Crippen LogP contribution in [-0.4, -0.2) is 0 Å². The van der Waals surface area contributed by atoms with Crippen molar-refractivity contribution in [1.82, 2.24) is 0 Å². The van der Waals surface area contributed by atoms with E-state index in [1.807, 2.05) is 24.3 Å². The van der Waals surface area contributed by atoms with Crippen molar-refractivity contribution in [2.24, 2.45) is 5.73 Å². The Bertz CT molecular complexity index is 546. The summed E-state index contributed by atoms with van der Waals surface area (Å²) in [7, 11) is 0. The van der Waals surface area contributed by atoms with E-state index < -0.39 is 0 Å². The van der Waals surface area contributed by atoms with Gasteiger partial charge in [0.15, 0.2) is 5.75 Å². The molecule has 0 unspecified atom stereocenters. The second-order valence-electron chi connectivity index (χ2n) is 4.01. The van der Waals surface area contributed by atoms with Gasteiger partial charge in [-0.1, -0.05) is 59.1 Å². The van der Waals surface area contributed by atoms with Gasteiger partial charge in [0.05, 0.1) is 10.0 Å². The summed E-state index contributed by atoms with van der Waals surface area (Å²) >= 11 is 17.9. The Labute approximate surface area is 127 Å². The van der Waals surface area contributed by atoms with Crippen LogP contribution < -0.4 is 10.5 Å². The molecule has 0 aliphatic heterocycles. The van der Waals surface area contributed by atoms with E-state index in [9.17, 15) is 0 Å². The standard InChI is InChI=1S/C14H12Cl3NO/c15-11-5-12(16)14(13(17)6-11)19-8-10-3-1-9(7-18)2-4-10/h1-6H,7-8,18H2. The maximum atomic E-state index is 6.04. The molecule has 0 spiro atoms. The van der Waals surface area contributed by atoms with Crippen LogP contribution in [0.1, 0.15) is 11.1 Å². The fraction of sp³-hybridized carbons (Fsp3) is 0.143. The Balaban J connectivity index is 2.10. The summed E-state index contributed by atoms with van der Waals surface area (Å²) in [5, 5.41) is 1.28. The molecule has 0 atom stereocenters. The molecule has 0 aliphatic carbocycles. The Kier molecular flexibility index (Phi) is 4.94. The summed E-state index contributed by atoms with van der Waals surface area (Å²) in [4.78, 5) is 0. The maximum Gasteiger partial charge on any atom is 0.157 e. The summed E-state index contributed by atoms with van der Waals surface area (Å²) in [6.07, 6.45) is 0. The summed E-state index contributed by atoms with van der Waals surface area (Å²) in [6, 6.07) is 11.0. The molecule has 0 heterocycles. The monoisotopic (exact) mass is 315 g/mol. The fourth-order valence-electron chi connectivity index (χ4n) is 1.59. The summed E-state index contributed by atoms with van der Waals surface area (Å²) < 4.78 is 5.63. The highest BCUT2D eigenvalue weighted by Gasteiger charge is 2.09. The first-order valence-corrected chi connectivity index (χ1v) is 6.79. The normalized spacial score (nSPS) is 10.5. The van der Waals surface area contributed by atoms with Crippen LogP contribution in [0.2, 0.25) is 15.1 Å². The first kappa shape index (κ1) is 14.5. The number of nitrogens with two attached hydrogens (primary N) is 1. The Morgan fingerprint density at radius 1 is 0.895 bits per heavy atom. The lowest BCUT2D eigenvalue weighted by Gasteiger charge is -2.10. The zero-order valence-corrected chi connectivity index (χ0v) is 12.3. The van der Waals surface area contributed by atoms with Crippen LogP contribution in [-0.2, 0) is 13.2 Å². The van der Waals surface area contributed by atoms with Crippen molar-refractivity contribution in [3.8, 4) is 5.75 Å². The number of rotatable bonds is 4. The van der Waals surface area contributed by atoms with E-state index in [0.717, 1.165) is 11.1 Å². The predicted molar refractivity (Wildman–Crippen MR) is 80.1 cm³/mol. The van der Waals surface area contributed by atoms with E-state index in [-0.39, 0.29) is 0 Å². The van der Waals surface area contributed by atoms with E-state index in [1.165, 1.54) is 0 Å². The van der Waals surface area contributed by atoms with Crippen LogP contribution in [0.25, 0.3) is 0 Å². The van der Waals surface area contributed by atoms with Gasteiger partial charge >= 0.3 is 0 Å². The summed E-state index contributed by atoms with van der Waals surface area (Å²) in [6.45, 7) is 0.905. The largest absolute Gasteiger partial charge is 0.486 e. The molecule has 0 amide bonds. The zero-order valence-electron chi connectivity index (χ0n) is 10.00. The van der Waals surface area contributed by atoms with Crippen LogP contribution in [0.15, 0.2) is 36.4 Å². The minimum atomic E-state index is 0.381. The van der Waals surface area contributed by atoms with Gasteiger partial charge in [0.2, 0.25) is 0 Å². The van der Waals surface area contributed by atoms with Gasteiger partial charge in [-0.3, -0.25) is 0 Å². The van der Waals surface area contributed by atoms with Crippen molar-refractivity contribution in [3.05, 3.63) is 62.6 Å². The number of halogens is 3. The average molecular weight is 317 g/mol. The molecule has 0 radical (unpaired) electrons. The molecule has 2 aromatic rings. The van der Waals surface area contributed by atoms with Gasteiger partial charge in [-0.05, 0) is 23.3 Å². The van der Waals surface area contributed by atoms with E-state index in [2.05, 4.69) is 0 Å². The van der Waals surface area contributed by atoms with Crippen LogP contribution in [0.5, 0.6) is 5.75 Å². The lowest BCUT2D eigenvalue weighted by molar-refractivity contribution is 0.306. The summed E-state index contributed by atoms with van der Waals surface area (Å²) in [5.74, 6) is 0.440. The Morgan fingerprint density at radius 2 is 1.42 bits per heavy atom. The third-order valence-electron chi connectivity index (χ3n) is 2.60. The van der Waals surface area contributed by atoms with Gasteiger partial charge in [0.1, 0.15) is 6.61 Å². The van der Waals surface area contributed by atoms with Crippen molar-refractivity contribution in [3.63, 3.8) is 0 Å². The molecule has 2 N–H and O–H groups in total. The minimum absolute atomic E-state index is 0.381. The van der Waals surface area contributed by atoms with Crippen molar-refractivity contribution < 1.29 is 4.74 Å². The molecular weight excluding hydrogens is 305 g/mol. The molecule has 0 saturated heterocycles. The Morgan fingerprint density at radius 3 is 1.95 bits per heavy atom. The van der Waals surface area contributed by atoms with Gasteiger partial charge in [0.25, 0.3) is 0 Å². The van der Waals surface area contributed by atoms with Crippen LogP contribution in [0.4, 0.5) is 0 Å². The number of benzene rings is 2. The van der Waals surface area contributed by atoms with Crippen molar-refractivity contribution in [2.45, 2.75) is 13.2 Å². The molecule has 2 rings (SSSR count). The molecule has 0 aliphatic rings.